The summed E-state index contributed by atoms with van der Waals surface area (Å²) in [4.78, 5) is 4.20. The molecular weight excluding hydrogens is 250 g/mol. The van der Waals surface area contributed by atoms with Crippen molar-refractivity contribution >= 4 is 5.96 Å². The molecule has 106 valence electrons. The average molecular weight is 271 g/mol. The zero-order valence-corrected chi connectivity index (χ0v) is 11.8. The van der Waals surface area contributed by atoms with Crippen molar-refractivity contribution < 1.29 is 4.42 Å². The molecule has 0 aliphatic heterocycles. The fourth-order valence-electron chi connectivity index (χ4n) is 1.95. The predicted octanol–water partition coefficient (Wildman–Crippen LogP) is 2.23. The van der Waals surface area contributed by atoms with Gasteiger partial charge >= 0.3 is 0 Å². The predicted molar refractivity (Wildman–Crippen MR) is 81.9 cm³/mol. The maximum atomic E-state index is 5.29. The highest BCUT2D eigenvalue weighted by Crippen LogP contribution is 1.99. The van der Waals surface area contributed by atoms with Crippen LogP contribution >= 0.6 is 0 Å². The molecule has 0 atom stereocenters. The van der Waals surface area contributed by atoms with Crippen LogP contribution in [0.3, 0.4) is 0 Å². The summed E-state index contributed by atoms with van der Waals surface area (Å²) in [6, 6.07) is 14.3. The second-order valence-corrected chi connectivity index (χ2v) is 4.49. The number of furan rings is 1. The summed E-state index contributed by atoms with van der Waals surface area (Å²) in [6.45, 7) is 1.67. The van der Waals surface area contributed by atoms with Gasteiger partial charge in [-0.05, 0) is 24.1 Å². The van der Waals surface area contributed by atoms with Crippen LogP contribution in [0.2, 0.25) is 0 Å². The Morgan fingerprint density at radius 1 is 1.00 bits per heavy atom. The Balaban J connectivity index is 1.65. The molecule has 1 aromatic heterocycles. The minimum atomic E-state index is 0.804. The molecule has 1 heterocycles. The summed E-state index contributed by atoms with van der Waals surface area (Å²) in [5.74, 6) is 1.81. The van der Waals surface area contributed by atoms with Gasteiger partial charge in [0, 0.05) is 26.6 Å². The topological polar surface area (TPSA) is 49.6 Å². The molecule has 0 radical (unpaired) electrons. The summed E-state index contributed by atoms with van der Waals surface area (Å²) in [7, 11) is 1.78. The smallest absolute Gasteiger partial charge is 0.191 e. The zero-order chi connectivity index (χ0) is 14.0. The molecule has 20 heavy (non-hydrogen) atoms. The third-order valence-corrected chi connectivity index (χ3v) is 3.02. The molecule has 2 rings (SSSR count). The first-order valence-corrected chi connectivity index (χ1v) is 6.89. The summed E-state index contributed by atoms with van der Waals surface area (Å²) in [5, 5.41) is 6.58. The van der Waals surface area contributed by atoms with E-state index in [9.17, 15) is 0 Å². The Bertz CT molecular complexity index is 506. The van der Waals surface area contributed by atoms with Gasteiger partial charge in [-0.25, -0.2) is 0 Å². The van der Waals surface area contributed by atoms with E-state index in [1.165, 1.54) is 5.56 Å². The summed E-state index contributed by atoms with van der Waals surface area (Å²) in [5.41, 5.74) is 1.33. The molecule has 0 bridgehead atoms. The number of guanidine groups is 1. The lowest BCUT2D eigenvalue weighted by Crippen LogP contribution is -2.39. The van der Waals surface area contributed by atoms with Crippen LogP contribution < -0.4 is 10.6 Å². The van der Waals surface area contributed by atoms with Crippen LogP contribution in [0.5, 0.6) is 0 Å². The molecule has 4 nitrogen and oxygen atoms in total. The standard InChI is InChI=1S/C16H21N3O/c1-17-16(19-12-10-15-8-5-13-20-15)18-11-9-14-6-3-2-4-7-14/h2-8,13H,9-12H2,1H3,(H2,17,18,19). The SMILES string of the molecule is CN=C(NCCc1ccccc1)NCCc1ccco1. The first-order chi connectivity index (χ1) is 9.88. The van der Waals surface area contributed by atoms with Crippen molar-refractivity contribution in [2.75, 3.05) is 20.1 Å². The second kappa shape index (κ2) is 8.04. The highest BCUT2D eigenvalue weighted by molar-refractivity contribution is 5.79. The molecular formula is C16H21N3O. The van der Waals surface area contributed by atoms with Crippen LogP contribution in [0.15, 0.2) is 58.1 Å². The van der Waals surface area contributed by atoms with Crippen LogP contribution in [0.25, 0.3) is 0 Å². The van der Waals surface area contributed by atoms with E-state index >= 15 is 0 Å². The second-order valence-electron chi connectivity index (χ2n) is 4.49. The van der Waals surface area contributed by atoms with Crippen molar-refractivity contribution in [1.29, 1.82) is 0 Å². The molecule has 0 aliphatic rings. The number of nitrogens with zero attached hydrogens (tertiary/aromatic N) is 1. The molecule has 0 fully saturated rings. The highest BCUT2D eigenvalue weighted by atomic mass is 16.3. The first kappa shape index (κ1) is 14.2. The zero-order valence-electron chi connectivity index (χ0n) is 11.8. The first-order valence-electron chi connectivity index (χ1n) is 6.89. The van der Waals surface area contributed by atoms with E-state index in [4.69, 9.17) is 4.42 Å². The summed E-state index contributed by atoms with van der Waals surface area (Å²) >= 11 is 0. The number of aliphatic imine (C=N–C) groups is 1. The minimum Gasteiger partial charge on any atom is -0.469 e. The molecule has 4 heteroatoms. The van der Waals surface area contributed by atoms with E-state index in [0.717, 1.165) is 37.7 Å². The molecule has 0 aliphatic carbocycles. The van der Waals surface area contributed by atoms with Crippen LogP contribution in [0.4, 0.5) is 0 Å². The van der Waals surface area contributed by atoms with Gasteiger partial charge in [0.1, 0.15) is 5.76 Å². The van der Waals surface area contributed by atoms with Gasteiger partial charge in [0.2, 0.25) is 0 Å². The number of hydrogen-bond acceptors (Lipinski definition) is 2. The molecule has 0 saturated carbocycles. The van der Waals surface area contributed by atoms with Crippen LogP contribution in [0, 0.1) is 0 Å². The van der Waals surface area contributed by atoms with Crippen LogP contribution in [0.1, 0.15) is 11.3 Å². The average Bonchev–Trinajstić information content (AvgIpc) is 3.00. The Labute approximate surface area is 119 Å². The van der Waals surface area contributed by atoms with Gasteiger partial charge in [-0.3, -0.25) is 4.99 Å². The lowest BCUT2D eigenvalue weighted by Gasteiger charge is -2.11. The third-order valence-electron chi connectivity index (χ3n) is 3.02. The number of rotatable bonds is 6. The molecule has 0 unspecified atom stereocenters. The maximum absolute atomic E-state index is 5.29. The highest BCUT2D eigenvalue weighted by Gasteiger charge is 1.99. The van der Waals surface area contributed by atoms with Crippen molar-refractivity contribution in [3.05, 3.63) is 60.1 Å². The van der Waals surface area contributed by atoms with E-state index < -0.39 is 0 Å². The number of benzene rings is 1. The molecule has 2 N–H and O–H groups in total. The normalized spacial score (nSPS) is 11.3. The maximum Gasteiger partial charge on any atom is 0.191 e. The van der Waals surface area contributed by atoms with E-state index in [1.54, 1.807) is 13.3 Å². The van der Waals surface area contributed by atoms with Crippen molar-refractivity contribution in [3.63, 3.8) is 0 Å². The fourth-order valence-corrected chi connectivity index (χ4v) is 1.95. The lowest BCUT2D eigenvalue weighted by atomic mass is 10.1. The van der Waals surface area contributed by atoms with Crippen molar-refractivity contribution in [3.8, 4) is 0 Å². The lowest BCUT2D eigenvalue weighted by molar-refractivity contribution is 0.507. The van der Waals surface area contributed by atoms with Crippen molar-refractivity contribution in [1.82, 2.24) is 10.6 Å². The van der Waals surface area contributed by atoms with E-state index in [2.05, 4.69) is 39.9 Å². The fraction of sp³-hybridized carbons (Fsp3) is 0.312. The van der Waals surface area contributed by atoms with Gasteiger partial charge < -0.3 is 15.1 Å². The molecule has 0 saturated heterocycles. The number of hydrogen-bond donors (Lipinski definition) is 2. The van der Waals surface area contributed by atoms with Gasteiger partial charge in [-0.2, -0.15) is 0 Å². The van der Waals surface area contributed by atoms with Crippen LogP contribution in [-0.2, 0) is 12.8 Å². The Morgan fingerprint density at radius 2 is 1.75 bits per heavy atom. The third kappa shape index (κ3) is 4.80. The summed E-state index contributed by atoms with van der Waals surface area (Å²) in [6.07, 6.45) is 3.54. The minimum absolute atomic E-state index is 0.804. The van der Waals surface area contributed by atoms with E-state index in [0.29, 0.717) is 0 Å². The Kier molecular flexibility index (Phi) is 5.71. The Morgan fingerprint density at radius 3 is 2.40 bits per heavy atom. The molecule has 0 spiro atoms. The molecule has 1 aromatic carbocycles. The molecule has 0 amide bonds. The van der Waals surface area contributed by atoms with Crippen molar-refractivity contribution in [2.45, 2.75) is 12.8 Å². The van der Waals surface area contributed by atoms with Gasteiger partial charge in [0.25, 0.3) is 0 Å². The van der Waals surface area contributed by atoms with Gasteiger partial charge in [0.05, 0.1) is 6.26 Å². The van der Waals surface area contributed by atoms with Gasteiger partial charge in [-0.1, -0.05) is 30.3 Å². The largest absolute Gasteiger partial charge is 0.469 e. The van der Waals surface area contributed by atoms with Crippen LogP contribution in [-0.4, -0.2) is 26.1 Å². The van der Waals surface area contributed by atoms with Gasteiger partial charge in [0.15, 0.2) is 5.96 Å². The van der Waals surface area contributed by atoms with Gasteiger partial charge in [-0.15, -0.1) is 0 Å². The number of nitrogens with one attached hydrogen (secondary N) is 2. The monoisotopic (exact) mass is 271 g/mol. The Hall–Kier alpha value is -2.23. The van der Waals surface area contributed by atoms with E-state index in [-0.39, 0.29) is 0 Å². The van der Waals surface area contributed by atoms with E-state index in [1.807, 2.05) is 18.2 Å². The molecule has 2 aromatic rings. The quantitative estimate of drug-likeness (QED) is 0.625. The van der Waals surface area contributed by atoms with Crippen molar-refractivity contribution in [2.24, 2.45) is 4.99 Å². The summed E-state index contributed by atoms with van der Waals surface area (Å²) < 4.78 is 5.29.